The van der Waals surface area contributed by atoms with E-state index in [9.17, 15) is 14.9 Å². The van der Waals surface area contributed by atoms with Gasteiger partial charge in [0, 0.05) is 25.0 Å². The first-order valence-electron chi connectivity index (χ1n) is 5.73. The minimum Gasteiger partial charge on any atom is -0.383 e. The number of carbonyl (C=O) groups is 1. The zero-order valence-corrected chi connectivity index (χ0v) is 10.4. The first-order chi connectivity index (χ1) is 9.58. The topological polar surface area (TPSA) is 129 Å². The van der Waals surface area contributed by atoms with E-state index in [1.54, 1.807) is 23.1 Å². The quantitative estimate of drug-likeness (QED) is 0.592. The molecule has 9 heteroatoms. The van der Waals surface area contributed by atoms with Crippen LogP contribution in [0.1, 0.15) is 10.4 Å². The number of carbonyl (C=O) groups excluding carboxylic acids is 1. The Morgan fingerprint density at radius 1 is 1.55 bits per heavy atom. The predicted octanol–water partition coefficient (Wildman–Crippen LogP) is 0.198. The summed E-state index contributed by atoms with van der Waals surface area (Å²) in [5, 5.41) is 17.2. The van der Waals surface area contributed by atoms with Gasteiger partial charge in [-0.05, 0) is 6.07 Å². The molecule has 2 rings (SSSR count). The lowest BCUT2D eigenvalue weighted by molar-refractivity contribution is -0.385. The SMILES string of the molecule is Nc1ncc([N+](=O)[O-])cc1C(=O)NCCn1cccn1. The minimum absolute atomic E-state index is 0.0142. The van der Waals surface area contributed by atoms with Crippen LogP contribution >= 0.6 is 0 Å². The number of nitrogen functional groups attached to an aromatic ring is 1. The van der Waals surface area contributed by atoms with Gasteiger partial charge in [0.1, 0.15) is 12.0 Å². The molecule has 0 fully saturated rings. The van der Waals surface area contributed by atoms with E-state index < -0.39 is 10.8 Å². The highest BCUT2D eigenvalue weighted by Crippen LogP contribution is 2.16. The van der Waals surface area contributed by atoms with Gasteiger partial charge in [0.2, 0.25) is 0 Å². The van der Waals surface area contributed by atoms with Crippen LogP contribution in [0.4, 0.5) is 11.5 Å². The number of rotatable bonds is 5. The van der Waals surface area contributed by atoms with Gasteiger partial charge in [-0.2, -0.15) is 5.10 Å². The summed E-state index contributed by atoms with van der Waals surface area (Å²) in [6, 6.07) is 2.87. The number of hydrogen-bond acceptors (Lipinski definition) is 6. The monoisotopic (exact) mass is 276 g/mol. The molecule has 0 saturated heterocycles. The Hall–Kier alpha value is -2.97. The molecule has 3 N–H and O–H groups in total. The molecule has 0 spiro atoms. The number of aromatic nitrogens is 3. The fourth-order valence-corrected chi connectivity index (χ4v) is 1.56. The van der Waals surface area contributed by atoms with Crippen LogP contribution in [0.15, 0.2) is 30.7 Å². The number of amides is 1. The van der Waals surface area contributed by atoms with Crippen molar-refractivity contribution in [1.82, 2.24) is 20.1 Å². The van der Waals surface area contributed by atoms with Gasteiger partial charge in [0.05, 0.1) is 17.0 Å². The number of nitro groups is 1. The van der Waals surface area contributed by atoms with Crippen molar-refractivity contribution >= 4 is 17.4 Å². The molecular weight excluding hydrogens is 264 g/mol. The van der Waals surface area contributed by atoms with Gasteiger partial charge < -0.3 is 11.1 Å². The van der Waals surface area contributed by atoms with Gasteiger partial charge in [-0.15, -0.1) is 0 Å². The second-order valence-electron chi connectivity index (χ2n) is 3.91. The zero-order chi connectivity index (χ0) is 14.5. The average Bonchev–Trinajstić information content (AvgIpc) is 2.92. The summed E-state index contributed by atoms with van der Waals surface area (Å²) in [5.41, 5.74) is 5.25. The number of nitrogens with zero attached hydrogens (tertiary/aromatic N) is 4. The van der Waals surface area contributed by atoms with Crippen LogP contribution in [-0.2, 0) is 6.54 Å². The Bertz CT molecular complexity index is 625. The molecule has 9 nitrogen and oxygen atoms in total. The van der Waals surface area contributed by atoms with Gasteiger partial charge >= 0.3 is 0 Å². The normalized spacial score (nSPS) is 10.2. The van der Waals surface area contributed by atoms with E-state index in [4.69, 9.17) is 5.73 Å². The number of nitrogens with two attached hydrogens (primary N) is 1. The third-order valence-corrected chi connectivity index (χ3v) is 2.55. The molecule has 0 saturated carbocycles. The summed E-state index contributed by atoms with van der Waals surface area (Å²) in [5.74, 6) is -0.557. The Morgan fingerprint density at radius 2 is 2.35 bits per heavy atom. The molecule has 0 atom stereocenters. The van der Waals surface area contributed by atoms with E-state index >= 15 is 0 Å². The van der Waals surface area contributed by atoms with Gasteiger partial charge in [0.15, 0.2) is 0 Å². The summed E-state index contributed by atoms with van der Waals surface area (Å²) in [6.45, 7) is 0.809. The van der Waals surface area contributed by atoms with Crippen molar-refractivity contribution in [2.45, 2.75) is 6.54 Å². The molecule has 0 aliphatic heterocycles. The van der Waals surface area contributed by atoms with Crippen molar-refractivity contribution in [3.63, 3.8) is 0 Å². The van der Waals surface area contributed by atoms with E-state index in [1.165, 1.54) is 0 Å². The first-order valence-corrected chi connectivity index (χ1v) is 5.73. The van der Waals surface area contributed by atoms with Gasteiger partial charge in [-0.3, -0.25) is 19.6 Å². The highest BCUT2D eigenvalue weighted by Gasteiger charge is 2.16. The maximum absolute atomic E-state index is 11.9. The van der Waals surface area contributed by atoms with Crippen LogP contribution in [0.25, 0.3) is 0 Å². The van der Waals surface area contributed by atoms with Crippen LogP contribution in [0, 0.1) is 10.1 Å². The standard InChI is InChI=1S/C11H12N6O3/c12-10-9(6-8(7-14-10)17(19)20)11(18)13-3-5-16-4-1-2-15-16/h1-2,4,6-7H,3,5H2,(H2,12,14)(H,13,18). The number of pyridine rings is 1. The largest absolute Gasteiger partial charge is 0.383 e. The van der Waals surface area contributed by atoms with Crippen LogP contribution in [0.3, 0.4) is 0 Å². The Labute approximate surface area is 113 Å². The zero-order valence-electron chi connectivity index (χ0n) is 10.4. The number of hydrogen-bond donors (Lipinski definition) is 2. The molecule has 0 aliphatic rings. The van der Waals surface area contributed by atoms with Crippen LogP contribution < -0.4 is 11.1 Å². The van der Waals surface area contributed by atoms with Crippen molar-refractivity contribution in [2.75, 3.05) is 12.3 Å². The maximum atomic E-state index is 11.9. The summed E-state index contributed by atoms with van der Waals surface area (Å²) < 4.78 is 1.65. The van der Waals surface area contributed by atoms with Crippen molar-refractivity contribution in [3.05, 3.63) is 46.4 Å². The maximum Gasteiger partial charge on any atom is 0.288 e. The first kappa shape index (κ1) is 13.5. The lowest BCUT2D eigenvalue weighted by Gasteiger charge is -2.07. The Morgan fingerprint density at radius 3 is 3.00 bits per heavy atom. The highest BCUT2D eigenvalue weighted by molar-refractivity contribution is 5.98. The summed E-state index contributed by atoms with van der Waals surface area (Å²) in [7, 11) is 0. The predicted molar refractivity (Wildman–Crippen MR) is 69.9 cm³/mol. The molecule has 1 amide bonds. The molecule has 0 aromatic carbocycles. The number of anilines is 1. The molecule has 2 aromatic heterocycles. The van der Waals surface area contributed by atoms with E-state index in [1.807, 2.05) is 0 Å². The minimum atomic E-state index is -0.632. The van der Waals surface area contributed by atoms with Gasteiger partial charge in [0.25, 0.3) is 11.6 Å². The lowest BCUT2D eigenvalue weighted by atomic mass is 10.2. The summed E-state index contributed by atoms with van der Waals surface area (Å²) >= 11 is 0. The van der Waals surface area contributed by atoms with E-state index in [2.05, 4.69) is 15.4 Å². The fourth-order valence-electron chi connectivity index (χ4n) is 1.56. The van der Waals surface area contributed by atoms with E-state index in [-0.39, 0.29) is 17.1 Å². The van der Waals surface area contributed by atoms with E-state index in [0.29, 0.717) is 13.1 Å². The summed E-state index contributed by atoms with van der Waals surface area (Å²) in [4.78, 5) is 25.5. The average molecular weight is 276 g/mol. The molecule has 0 aliphatic carbocycles. The van der Waals surface area contributed by atoms with Gasteiger partial charge in [-0.1, -0.05) is 0 Å². The molecular formula is C11H12N6O3. The molecule has 0 radical (unpaired) electrons. The third-order valence-electron chi connectivity index (χ3n) is 2.55. The second-order valence-corrected chi connectivity index (χ2v) is 3.91. The van der Waals surface area contributed by atoms with E-state index in [0.717, 1.165) is 12.3 Å². The van der Waals surface area contributed by atoms with Crippen molar-refractivity contribution in [2.24, 2.45) is 0 Å². The molecule has 0 bridgehead atoms. The van der Waals surface area contributed by atoms with Crippen molar-refractivity contribution < 1.29 is 9.72 Å². The lowest BCUT2D eigenvalue weighted by Crippen LogP contribution is -2.28. The highest BCUT2D eigenvalue weighted by atomic mass is 16.6. The number of nitrogens with one attached hydrogen (secondary N) is 1. The molecule has 104 valence electrons. The second kappa shape index (κ2) is 5.78. The molecule has 2 aromatic rings. The van der Waals surface area contributed by atoms with Crippen molar-refractivity contribution in [1.29, 1.82) is 0 Å². The molecule has 2 heterocycles. The fraction of sp³-hybridized carbons (Fsp3) is 0.182. The third kappa shape index (κ3) is 3.07. The van der Waals surface area contributed by atoms with Crippen molar-refractivity contribution in [3.8, 4) is 0 Å². The smallest absolute Gasteiger partial charge is 0.288 e. The van der Waals surface area contributed by atoms with Crippen LogP contribution in [0.5, 0.6) is 0 Å². The van der Waals surface area contributed by atoms with Gasteiger partial charge in [-0.25, -0.2) is 4.98 Å². The molecule has 20 heavy (non-hydrogen) atoms. The Kier molecular flexibility index (Phi) is 3.89. The Balaban J connectivity index is 2.01. The summed E-state index contributed by atoms with van der Waals surface area (Å²) in [6.07, 6.45) is 4.40. The van der Waals surface area contributed by atoms with Crippen LogP contribution in [-0.4, -0.2) is 32.1 Å². The molecule has 0 unspecified atom stereocenters. The van der Waals surface area contributed by atoms with Crippen LogP contribution in [0.2, 0.25) is 0 Å².